The summed E-state index contributed by atoms with van der Waals surface area (Å²) in [6, 6.07) is 4.96. The summed E-state index contributed by atoms with van der Waals surface area (Å²) in [6.07, 6.45) is -4.39. The molecule has 1 rings (SSSR count). The first-order chi connectivity index (χ1) is 8.83. The van der Waals surface area contributed by atoms with E-state index in [1.54, 1.807) is 13.0 Å². The van der Waals surface area contributed by atoms with Crippen molar-refractivity contribution in [3.63, 3.8) is 0 Å². The van der Waals surface area contributed by atoms with Crippen LogP contribution in [0.5, 0.6) is 0 Å². The molecule has 0 spiro atoms. The quantitative estimate of drug-likeness (QED) is 0.783. The topological polar surface area (TPSA) is 41.5 Å². The Morgan fingerprint density at radius 1 is 1.26 bits per heavy atom. The van der Waals surface area contributed by atoms with Crippen molar-refractivity contribution in [1.82, 2.24) is 5.32 Å². The fourth-order valence-electron chi connectivity index (χ4n) is 1.72. The van der Waals surface area contributed by atoms with Crippen LogP contribution >= 0.6 is 0 Å². The summed E-state index contributed by atoms with van der Waals surface area (Å²) in [5.74, 6) is 0. The molecule has 0 saturated carbocycles. The van der Waals surface area contributed by atoms with Crippen molar-refractivity contribution in [2.75, 3.05) is 26.9 Å². The molecule has 0 aliphatic carbocycles. The molecule has 2 N–H and O–H groups in total. The highest BCUT2D eigenvalue weighted by Crippen LogP contribution is 2.31. The summed E-state index contributed by atoms with van der Waals surface area (Å²) in [6.45, 7) is 2.19. The van der Waals surface area contributed by atoms with Crippen LogP contribution in [0.1, 0.15) is 18.1 Å². The van der Waals surface area contributed by atoms with Gasteiger partial charge in [-0.25, -0.2) is 0 Å². The number of alkyl halides is 3. The minimum Gasteiger partial charge on any atom is -0.394 e. The second kappa shape index (κ2) is 6.36. The average molecular weight is 277 g/mol. The van der Waals surface area contributed by atoms with Crippen molar-refractivity contribution >= 4 is 0 Å². The van der Waals surface area contributed by atoms with E-state index in [4.69, 9.17) is 4.74 Å². The molecule has 0 radical (unpaired) electrons. The van der Waals surface area contributed by atoms with Gasteiger partial charge in [0, 0.05) is 13.7 Å². The second-order valence-electron chi connectivity index (χ2n) is 4.49. The molecule has 108 valence electrons. The molecule has 6 heteroatoms. The van der Waals surface area contributed by atoms with Crippen LogP contribution in [-0.2, 0) is 16.5 Å². The lowest BCUT2D eigenvalue weighted by atomic mass is 9.91. The van der Waals surface area contributed by atoms with Crippen molar-refractivity contribution in [3.8, 4) is 0 Å². The zero-order valence-corrected chi connectivity index (χ0v) is 10.9. The van der Waals surface area contributed by atoms with Gasteiger partial charge < -0.3 is 15.2 Å². The van der Waals surface area contributed by atoms with E-state index >= 15 is 0 Å². The summed E-state index contributed by atoms with van der Waals surface area (Å²) < 4.78 is 42.9. The molecule has 0 amide bonds. The lowest BCUT2D eigenvalue weighted by Gasteiger charge is -2.30. The van der Waals surface area contributed by atoms with E-state index in [-0.39, 0.29) is 6.61 Å². The number of nitrogens with one attached hydrogen (secondary N) is 1. The largest absolute Gasteiger partial charge is 0.416 e. The maximum Gasteiger partial charge on any atom is 0.416 e. The van der Waals surface area contributed by atoms with E-state index in [0.29, 0.717) is 18.7 Å². The lowest BCUT2D eigenvalue weighted by Crippen LogP contribution is -2.44. The van der Waals surface area contributed by atoms with Crippen LogP contribution in [-0.4, -0.2) is 32.0 Å². The highest BCUT2D eigenvalue weighted by atomic mass is 19.4. The first kappa shape index (κ1) is 15.9. The van der Waals surface area contributed by atoms with E-state index in [1.165, 1.54) is 13.2 Å². The summed E-state index contributed by atoms with van der Waals surface area (Å²) >= 11 is 0. The Kier molecular flexibility index (Phi) is 5.34. The van der Waals surface area contributed by atoms with Crippen LogP contribution in [0.2, 0.25) is 0 Å². The Morgan fingerprint density at radius 2 is 1.89 bits per heavy atom. The smallest absolute Gasteiger partial charge is 0.394 e. The molecule has 1 atom stereocenters. The summed E-state index contributed by atoms with van der Waals surface area (Å²) in [4.78, 5) is 0. The minimum absolute atomic E-state index is 0.308. The van der Waals surface area contributed by atoms with Gasteiger partial charge >= 0.3 is 6.18 Å². The third-order valence-electron chi connectivity index (χ3n) is 2.96. The van der Waals surface area contributed by atoms with Gasteiger partial charge in [-0.1, -0.05) is 12.1 Å². The van der Waals surface area contributed by atoms with Crippen LogP contribution in [0.3, 0.4) is 0 Å². The van der Waals surface area contributed by atoms with Crippen molar-refractivity contribution in [2.24, 2.45) is 0 Å². The molecular weight excluding hydrogens is 259 g/mol. The molecular formula is C13H18F3NO2. The van der Waals surface area contributed by atoms with Gasteiger partial charge in [-0.3, -0.25) is 0 Å². The molecule has 0 bridgehead atoms. The van der Waals surface area contributed by atoms with Crippen LogP contribution in [0.4, 0.5) is 13.2 Å². The van der Waals surface area contributed by atoms with Crippen molar-refractivity contribution in [2.45, 2.75) is 18.6 Å². The lowest BCUT2D eigenvalue weighted by molar-refractivity contribution is -0.137. The highest BCUT2D eigenvalue weighted by Gasteiger charge is 2.33. The predicted octanol–water partition coefficient (Wildman–Crippen LogP) is 2.15. The first-order valence-corrected chi connectivity index (χ1v) is 5.86. The number of aliphatic hydroxyl groups is 1. The molecule has 1 aromatic carbocycles. The van der Waals surface area contributed by atoms with Crippen molar-refractivity contribution in [1.29, 1.82) is 0 Å². The number of aliphatic hydroxyl groups excluding tert-OH is 1. The van der Waals surface area contributed by atoms with E-state index in [2.05, 4.69) is 5.32 Å². The number of rotatable bonds is 6. The van der Waals surface area contributed by atoms with Gasteiger partial charge in [0.05, 0.1) is 24.3 Å². The maximum absolute atomic E-state index is 12.7. The number of ether oxygens (including phenoxy) is 1. The number of halogens is 3. The van der Waals surface area contributed by atoms with E-state index in [9.17, 15) is 18.3 Å². The van der Waals surface area contributed by atoms with E-state index < -0.39 is 17.3 Å². The number of benzene rings is 1. The van der Waals surface area contributed by atoms with Crippen LogP contribution in [0, 0.1) is 0 Å². The summed E-state index contributed by atoms with van der Waals surface area (Å²) in [5.41, 5.74) is -1.26. The van der Waals surface area contributed by atoms with Gasteiger partial charge in [0.2, 0.25) is 0 Å². The molecule has 0 aliphatic rings. The molecule has 0 fully saturated rings. The van der Waals surface area contributed by atoms with E-state index in [0.717, 1.165) is 12.1 Å². The molecule has 0 saturated heterocycles. The zero-order valence-electron chi connectivity index (χ0n) is 10.9. The SMILES string of the molecule is COCCNC(C)(CO)c1cccc(C(F)(F)F)c1. The third-order valence-corrected chi connectivity index (χ3v) is 2.96. The average Bonchev–Trinajstić information content (AvgIpc) is 2.38. The van der Waals surface area contributed by atoms with Crippen LogP contribution in [0.25, 0.3) is 0 Å². The van der Waals surface area contributed by atoms with Crippen LogP contribution in [0.15, 0.2) is 24.3 Å². The first-order valence-electron chi connectivity index (χ1n) is 5.86. The highest BCUT2D eigenvalue weighted by molar-refractivity contribution is 5.31. The molecule has 19 heavy (non-hydrogen) atoms. The van der Waals surface area contributed by atoms with Crippen molar-refractivity contribution < 1.29 is 23.0 Å². The van der Waals surface area contributed by atoms with Crippen LogP contribution < -0.4 is 5.32 Å². The third kappa shape index (κ3) is 4.19. The summed E-state index contributed by atoms with van der Waals surface area (Å²) in [5, 5.41) is 12.4. The molecule has 0 aromatic heterocycles. The standard InChI is InChI=1S/C13H18F3NO2/c1-12(9-18,17-6-7-19-2)10-4-3-5-11(8-10)13(14,15)16/h3-5,8,17-18H,6-7,9H2,1-2H3. The van der Waals surface area contributed by atoms with Crippen molar-refractivity contribution in [3.05, 3.63) is 35.4 Å². The summed E-state index contributed by atoms with van der Waals surface area (Å²) in [7, 11) is 1.53. The number of hydrogen-bond acceptors (Lipinski definition) is 3. The predicted molar refractivity (Wildman–Crippen MR) is 65.8 cm³/mol. The van der Waals surface area contributed by atoms with E-state index in [1.807, 2.05) is 0 Å². The Balaban J connectivity index is 2.98. The normalized spacial score (nSPS) is 15.3. The van der Waals surface area contributed by atoms with Gasteiger partial charge in [0.15, 0.2) is 0 Å². The Bertz CT molecular complexity index is 409. The fraction of sp³-hybridized carbons (Fsp3) is 0.538. The monoisotopic (exact) mass is 277 g/mol. The molecule has 1 unspecified atom stereocenters. The Labute approximate surface area is 110 Å². The molecule has 3 nitrogen and oxygen atoms in total. The molecule has 1 aromatic rings. The minimum atomic E-state index is -4.39. The maximum atomic E-state index is 12.7. The Morgan fingerprint density at radius 3 is 2.42 bits per heavy atom. The molecule has 0 aliphatic heterocycles. The van der Waals surface area contributed by atoms with Gasteiger partial charge in [-0.15, -0.1) is 0 Å². The second-order valence-corrected chi connectivity index (χ2v) is 4.49. The van der Waals surface area contributed by atoms with Gasteiger partial charge in [0.1, 0.15) is 0 Å². The fourth-order valence-corrected chi connectivity index (χ4v) is 1.72. The number of methoxy groups -OCH3 is 1. The number of hydrogen-bond donors (Lipinski definition) is 2. The zero-order chi connectivity index (χ0) is 14.5. The van der Waals surface area contributed by atoms with Gasteiger partial charge in [-0.05, 0) is 24.6 Å². The van der Waals surface area contributed by atoms with Gasteiger partial charge in [-0.2, -0.15) is 13.2 Å². The Hall–Kier alpha value is -1.11. The van der Waals surface area contributed by atoms with Gasteiger partial charge in [0.25, 0.3) is 0 Å². The molecule has 0 heterocycles.